The number of rotatable bonds is 5. The molecule has 0 aromatic rings. The average Bonchev–Trinajstić information content (AvgIpc) is 2.01. The summed E-state index contributed by atoms with van der Waals surface area (Å²) in [6.07, 6.45) is 8.85. The Kier molecular flexibility index (Phi) is 3.33. The zero-order valence-electron chi connectivity index (χ0n) is 8.61. The van der Waals surface area contributed by atoms with Gasteiger partial charge in [0.1, 0.15) is 0 Å². The molecule has 1 nitrogen and oxygen atoms in total. The van der Waals surface area contributed by atoms with Gasteiger partial charge in [0.2, 0.25) is 0 Å². The van der Waals surface area contributed by atoms with Gasteiger partial charge < -0.3 is 5.32 Å². The minimum absolute atomic E-state index is 0.358. The highest BCUT2D eigenvalue weighted by Crippen LogP contribution is 2.26. The standard InChI is InChI=1S/C11H21N/c1-4-11(2,12-3)9-8-10-6-5-7-10/h6,12H,4-5,7-9H2,1-3H3. The zero-order valence-corrected chi connectivity index (χ0v) is 8.61. The normalized spacial score (nSPS) is 21.1. The van der Waals surface area contributed by atoms with Crippen LogP contribution in [-0.4, -0.2) is 12.6 Å². The van der Waals surface area contributed by atoms with Crippen molar-refractivity contribution in [1.29, 1.82) is 0 Å². The van der Waals surface area contributed by atoms with Gasteiger partial charge >= 0.3 is 0 Å². The van der Waals surface area contributed by atoms with E-state index in [0.717, 1.165) is 0 Å². The third-order valence-electron chi connectivity index (χ3n) is 3.28. The molecule has 0 heterocycles. The Bertz CT molecular complexity index is 166. The summed E-state index contributed by atoms with van der Waals surface area (Å²) < 4.78 is 0. The second-order valence-corrected chi connectivity index (χ2v) is 4.07. The monoisotopic (exact) mass is 167 g/mol. The van der Waals surface area contributed by atoms with Crippen molar-refractivity contribution >= 4 is 0 Å². The van der Waals surface area contributed by atoms with Crippen molar-refractivity contribution in [2.24, 2.45) is 0 Å². The largest absolute Gasteiger partial charge is 0.315 e. The highest BCUT2D eigenvalue weighted by Gasteiger charge is 2.19. The van der Waals surface area contributed by atoms with Gasteiger partial charge in [-0.25, -0.2) is 0 Å². The van der Waals surface area contributed by atoms with E-state index in [0.29, 0.717) is 5.54 Å². The molecule has 1 atom stereocenters. The highest BCUT2D eigenvalue weighted by atomic mass is 14.9. The molecule has 70 valence electrons. The quantitative estimate of drug-likeness (QED) is 0.621. The minimum atomic E-state index is 0.358. The smallest absolute Gasteiger partial charge is 0.0150 e. The molecular formula is C11H21N. The Labute approximate surface area is 76.2 Å². The van der Waals surface area contributed by atoms with Crippen LogP contribution in [0.5, 0.6) is 0 Å². The van der Waals surface area contributed by atoms with Crippen LogP contribution in [0.25, 0.3) is 0 Å². The van der Waals surface area contributed by atoms with Gasteiger partial charge in [0.05, 0.1) is 0 Å². The highest BCUT2D eigenvalue weighted by molar-refractivity contribution is 5.12. The summed E-state index contributed by atoms with van der Waals surface area (Å²) in [6, 6.07) is 0. The number of hydrogen-bond donors (Lipinski definition) is 1. The maximum absolute atomic E-state index is 3.40. The fourth-order valence-corrected chi connectivity index (χ4v) is 1.49. The van der Waals surface area contributed by atoms with Crippen molar-refractivity contribution in [2.45, 2.75) is 51.5 Å². The number of allylic oxidation sites excluding steroid dienone is 2. The molecule has 0 bridgehead atoms. The Morgan fingerprint density at radius 2 is 2.25 bits per heavy atom. The molecule has 0 fully saturated rings. The van der Waals surface area contributed by atoms with Crippen LogP contribution in [0.1, 0.15) is 46.0 Å². The van der Waals surface area contributed by atoms with Crippen molar-refractivity contribution in [3.8, 4) is 0 Å². The van der Waals surface area contributed by atoms with Gasteiger partial charge in [-0.3, -0.25) is 0 Å². The minimum Gasteiger partial charge on any atom is -0.315 e. The molecule has 1 heteroatoms. The second-order valence-electron chi connectivity index (χ2n) is 4.07. The molecule has 0 saturated heterocycles. The van der Waals surface area contributed by atoms with E-state index < -0.39 is 0 Å². The Hall–Kier alpha value is -0.300. The Balaban J connectivity index is 2.27. The van der Waals surface area contributed by atoms with Gasteiger partial charge in [-0.05, 0) is 46.1 Å². The predicted octanol–water partition coefficient (Wildman–Crippen LogP) is 2.87. The van der Waals surface area contributed by atoms with E-state index >= 15 is 0 Å². The molecule has 0 radical (unpaired) electrons. The van der Waals surface area contributed by atoms with Gasteiger partial charge in [-0.1, -0.05) is 18.6 Å². The van der Waals surface area contributed by atoms with Crippen LogP contribution in [0.4, 0.5) is 0 Å². The molecule has 0 aliphatic heterocycles. The second kappa shape index (κ2) is 4.08. The summed E-state index contributed by atoms with van der Waals surface area (Å²) in [5, 5.41) is 3.40. The summed E-state index contributed by atoms with van der Waals surface area (Å²) in [5.41, 5.74) is 2.03. The van der Waals surface area contributed by atoms with Crippen LogP contribution < -0.4 is 5.32 Å². The molecule has 0 saturated carbocycles. The average molecular weight is 167 g/mol. The molecule has 1 aliphatic carbocycles. The maximum atomic E-state index is 3.40. The van der Waals surface area contributed by atoms with E-state index in [1.54, 1.807) is 5.57 Å². The first kappa shape index (κ1) is 9.79. The van der Waals surface area contributed by atoms with Gasteiger partial charge in [0.25, 0.3) is 0 Å². The van der Waals surface area contributed by atoms with Crippen LogP contribution >= 0.6 is 0 Å². The van der Waals surface area contributed by atoms with Crippen LogP contribution in [-0.2, 0) is 0 Å². The van der Waals surface area contributed by atoms with Gasteiger partial charge in [0.15, 0.2) is 0 Å². The summed E-state index contributed by atoms with van der Waals surface area (Å²) in [7, 11) is 2.07. The molecule has 0 aromatic heterocycles. The molecule has 1 N–H and O–H groups in total. The summed E-state index contributed by atoms with van der Waals surface area (Å²) in [6.45, 7) is 4.57. The van der Waals surface area contributed by atoms with Crippen LogP contribution in [0.3, 0.4) is 0 Å². The molecule has 1 aliphatic rings. The van der Waals surface area contributed by atoms with E-state index in [2.05, 4.69) is 32.3 Å². The first-order valence-corrected chi connectivity index (χ1v) is 5.07. The molecule has 1 unspecified atom stereocenters. The van der Waals surface area contributed by atoms with Crippen LogP contribution in [0, 0.1) is 0 Å². The van der Waals surface area contributed by atoms with Gasteiger partial charge in [-0.2, -0.15) is 0 Å². The number of hydrogen-bond acceptors (Lipinski definition) is 1. The Morgan fingerprint density at radius 1 is 1.58 bits per heavy atom. The van der Waals surface area contributed by atoms with Gasteiger partial charge in [0, 0.05) is 5.54 Å². The molecule has 0 aromatic carbocycles. The third-order valence-corrected chi connectivity index (χ3v) is 3.28. The third kappa shape index (κ3) is 2.34. The van der Waals surface area contributed by atoms with Crippen LogP contribution in [0.15, 0.2) is 11.6 Å². The summed E-state index contributed by atoms with van der Waals surface area (Å²) >= 11 is 0. The maximum Gasteiger partial charge on any atom is 0.0150 e. The molecule has 0 amide bonds. The predicted molar refractivity (Wildman–Crippen MR) is 54.3 cm³/mol. The first-order chi connectivity index (χ1) is 5.70. The van der Waals surface area contributed by atoms with Gasteiger partial charge in [-0.15, -0.1) is 0 Å². The fraction of sp³-hybridized carbons (Fsp3) is 0.818. The first-order valence-electron chi connectivity index (χ1n) is 5.07. The lowest BCUT2D eigenvalue weighted by atomic mass is 9.86. The lowest BCUT2D eigenvalue weighted by Crippen LogP contribution is -2.38. The van der Waals surface area contributed by atoms with E-state index in [4.69, 9.17) is 0 Å². The zero-order chi connectivity index (χ0) is 9.03. The summed E-state index contributed by atoms with van der Waals surface area (Å²) in [5.74, 6) is 0. The van der Waals surface area contributed by atoms with E-state index in [1.165, 1.54) is 32.1 Å². The van der Waals surface area contributed by atoms with Crippen molar-refractivity contribution < 1.29 is 0 Å². The van der Waals surface area contributed by atoms with E-state index in [9.17, 15) is 0 Å². The van der Waals surface area contributed by atoms with Crippen molar-refractivity contribution in [1.82, 2.24) is 5.32 Å². The fourth-order valence-electron chi connectivity index (χ4n) is 1.49. The molecule has 0 spiro atoms. The van der Waals surface area contributed by atoms with Crippen LogP contribution in [0.2, 0.25) is 0 Å². The molecule has 12 heavy (non-hydrogen) atoms. The lowest BCUT2D eigenvalue weighted by Gasteiger charge is -2.29. The SMILES string of the molecule is CCC(C)(CCC1=CCC1)NC. The summed E-state index contributed by atoms with van der Waals surface area (Å²) in [4.78, 5) is 0. The van der Waals surface area contributed by atoms with Crippen molar-refractivity contribution in [3.63, 3.8) is 0 Å². The molecular weight excluding hydrogens is 146 g/mol. The van der Waals surface area contributed by atoms with E-state index in [-0.39, 0.29) is 0 Å². The van der Waals surface area contributed by atoms with E-state index in [1.807, 2.05) is 0 Å². The van der Waals surface area contributed by atoms with Crippen molar-refractivity contribution in [2.75, 3.05) is 7.05 Å². The lowest BCUT2D eigenvalue weighted by molar-refractivity contribution is 0.342. The Morgan fingerprint density at radius 3 is 2.58 bits per heavy atom. The number of nitrogens with one attached hydrogen (secondary N) is 1. The topological polar surface area (TPSA) is 12.0 Å². The molecule has 1 rings (SSSR count). The van der Waals surface area contributed by atoms with Crippen molar-refractivity contribution in [3.05, 3.63) is 11.6 Å².